The van der Waals surface area contributed by atoms with Gasteiger partial charge in [0.25, 0.3) is 5.91 Å². The molecule has 1 saturated heterocycles. The van der Waals surface area contributed by atoms with Crippen LogP contribution in [0.3, 0.4) is 0 Å². The lowest BCUT2D eigenvalue weighted by atomic mass is 10.1. The highest BCUT2D eigenvalue weighted by molar-refractivity contribution is 6.02. The maximum atomic E-state index is 12.8. The molecule has 0 spiro atoms. The maximum absolute atomic E-state index is 12.8. The van der Waals surface area contributed by atoms with Crippen LogP contribution in [0.25, 0.3) is 0 Å². The molecule has 1 amide bonds. The van der Waals surface area contributed by atoms with Gasteiger partial charge in [-0.3, -0.25) is 4.79 Å². The number of carbonyl (C=O) groups is 1. The molecule has 7 heteroatoms. The molecular weight excluding hydrogens is 286 g/mol. The first kappa shape index (κ1) is 14.7. The zero-order valence-corrected chi connectivity index (χ0v) is 12.6. The van der Waals surface area contributed by atoms with E-state index in [4.69, 9.17) is 15.5 Å². The summed E-state index contributed by atoms with van der Waals surface area (Å²) in [6.07, 6.45) is -0.244. The van der Waals surface area contributed by atoms with E-state index < -0.39 is 6.23 Å². The van der Waals surface area contributed by atoms with Gasteiger partial charge in [-0.1, -0.05) is 12.2 Å². The van der Waals surface area contributed by atoms with Gasteiger partial charge in [0.15, 0.2) is 11.5 Å². The average Bonchev–Trinajstić information content (AvgIpc) is 2.90. The third-order valence-corrected chi connectivity index (χ3v) is 4.31. The van der Waals surface area contributed by atoms with Gasteiger partial charge in [0.1, 0.15) is 6.23 Å². The number of nitrogens with two attached hydrogens (primary N) is 1. The molecule has 1 aromatic carbocycles. The highest BCUT2D eigenvalue weighted by Gasteiger charge is 2.42. The molecule has 2 heterocycles. The minimum Gasteiger partial charge on any atom is -0.493 e. The Hall–Kier alpha value is -2.25. The zero-order chi connectivity index (χ0) is 16.0. The second kappa shape index (κ2) is 5.19. The van der Waals surface area contributed by atoms with Gasteiger partial charge in [0, 0.05) is 19.7 Å². The number of amides is 1. The van der Waals surface area contributed by atoms with E-state index in [-0.39, 0.29) is 11.9 Å². The lowest BCUT2D eigenvalue weighted by Gasteiger charge is -2.30. The number of benzene rings is 1. The zero-order valence-electron chi connectivity index (χ0n) is 12.6. The number of hydrogen-bond donors (Lipinski definition) is 2. The van der Waals surface area contributed by atoms with E-state index in [1.54, 1.807) is 29.0 Å². The predicted molar refractivity (Wildman–Crippen MR) is 80.8 cm³/mol. The molecule has 7 nitrogen and oxygen atoms in total. The van der Waals surface area contributed by atoms with Crippen LogP contribution >= 0.6 is 0 Å². The van der Waals surface area contributed by atoms with Crippen LogP contribution in [-0.4, -0.2) is 48.9 Å². The van der Waals surface area contributed by atoms with Crippen molar-refractivity contribution >= 4 is 11.6 Å². The largest absolute Gasteiger partial charge is 0.493 e. The van der Waals surface area contributed by atoms with Crippen molar-refractivity contribution in [1.82, 2.24) is 4.90 Å². The Morgan fingerprint density at radius 2 is 2.14 bits per heavy atom. The molecule has 0 aromatic heterocycles. The van der Waals surface area contributed by atoms with Crippen LogP contribution in [0.4, 0.5) is 5.69 Å². The van der Waals surface area contributed by atoms with Crippen LogP contribution in [0.5, 0.6) is 11.5 Å². The third kappa shape index (κ3) is 2.01. The van der Waals surface area contributed by atoms with Gasteiger partial charge in [0.05, 0.1) is 24.4 Å². The third-order valence-electron chi connectivity index (χ3n) is 4.31. The van der Waals surface area contributed by atoms with Crippen LogP contribution < -0.4 is 20.4 Å². The number of hydrogen-bond acceptors (Lipinski definition) is 6. The molecule has 0 saturated carbocycles. The monoisotopic (exact) mass is 305 g/mol. The summed E-state index contributed by atoms with van der Waals surface area (Å²) in [6, 6.07) is 2.88. The summed E-state index contributed by atoms with van der Waals surface area (Å²) in [4.78, 5) is 20.9. The normalized spacial score (nSPS) is 24.0. The number of fused-ring (bicyclic) bond motifs is 2. The van der Waals surface area contributed by atoms with E-state index >= 15 is 0 Å². The standard InChI is InChI=1S/C15H19N3O4/c1-8-4-11-15(20)17(2)10-6-13(22-16)12(21-3)5-9(10)14(19)18(11)7-8/h5-6,11,15,20H,1,4,7,16H2,2-3H3/t11-,15-/m0/s1. The molecule has 0 radical (unpaired) electrons. The number of rotatable bonds is 2. The van der Waals surface area contributed by atoms with Crippen molar-refractivity contribution in [1.29, 1.82) is 0 Å². The molecule has 2 atom stereocenters. The van der Waals surface area contributed by atoms with Gasteiger partial charge in [0.2, 0.25) is 0 Å². The topological polar surface area (TPSA) is 88.3 Å². The molecule has 3 N–H and O–H groups in total. The van der Waals surface area contributed by atoms with Gasteiger partial charge < -0.3 is 24.5 Å². The molecule has 1 fully saturated rings. The molecule has 0 bridgehead atoms. The highest BCUT2D eigenvalue weighted by atomic mass is 16.6. The van der Waals surface area contributed by atoms with E-state index in [1.807, 2.05) is 0 Å². The number of ether oxygens (including phenoxy) is 1. The Bertz CT molecular complexity index is 646. The van der Waals surface area contributed by atoms with E-state index in [2.05, 4.69) is 6.58 Å². The van der Waals surface area contributed by atoms with Gasteiger partial charge in [-0.05, 0) is 12.5 Å². The Balaban J connectivity index is 2.17. The fourth-order valence-corrected chi connectivity index (χ4v) is 3.14. The van der Waals surface area contributed by atoms with Crippen LogP contribution in [0.2, 0.25) is 0 Å². The summed E-state index contributed by atoms with van der Waals surface area (Å²) in [5.74, 6) is 5.77. The van der Waals surface area contributed by atoms with Crippen molar-refractivity contribution in [2.24, 2.45) is 5.90 Å². The summed E-state index contributed by atoms with van der Waals surface area (Å²) < 4.78 is 5.21. The van der Waals surface area contributed by atoms with Crippen LogP contribution in [0, 0.1) is 0 Å². The number of aliphatic hydroxyl groups excluding tert-OH is 1. The minimum atomic E-state index is -0.830. The molecular formula is C15H19N3O4. The number of carbonyl (C=O) groups excluding carboxylic acids is 1. The maximum Gasteiger partial charge on any atom is 0.256 e. The van der Waals surface area contributed by atoms with Gasteiger partial charge in [-0.25, -0.2) is 0 Å². The fourth-order valence-electron chi connectivity index (χ4n) is 3.14. The van der Waals surface area contributed by atoms with Crippen molar-refractivity contribution in [3.63, 3.8) is 0 Å². The van der Waals surface area contributed by atoms with E-state index in [0.717, 1.165) is 5.57 Å². The molecule has 2 aliphatic heterocycles. The first-order valence-electron chi connectivity index (χ1n) is 6.95. The van der Waals surface area contributed by atoms with E-state index in [1.165, 1.54) is 7.11 Å². The predicted octanol–water partition coefficient (Wildman–Crippen LogP) is 0.487. The molecule has 2 aliphatic rings. The van der Waals surface area contributed by atoms with Crippen LogP contribution in [-0.2, 0) is 0 Å². The number of aliphatic hydroxyl groups is 1. The van der Waals surface area contributed by atoms with Crippen LogP contribution in [0.1, 0.15) is 16.8 Å². The summed E-state index contributed by atoms with van der Waals surface area (Å²) in [7, 11) is 3.21. The van der Waals surface area contributed by atoms with Gasteiger partial charge >= 0.3 is 0 Å². The first-order valence-corrected chi connectivity index (χ1v) is 6.95. The number of methoxy groups -OCH3 is 1. The summed E-state index contributed by atoms with van der Waals surface area (Å²) in [5, 5.41) is 10.6. The number of likely N-dealkylation sites (N-methyl/N-ethyl adjacent to an activating group) is 1. The second-order valence-electron chi connectivity index (χ2n) is 5.62. The quantitative estimate of drug-likeness (QED) is 0.610. The van der Waals surface area contributed by atoms with Crippen molar-refractivity contribution in [2.45, 2.75) is 18.7 Å². The summed E-state index contributed by atoms with van der Waals surface area (Å²) >= 11 is 0. The molecule has 0 unspecified atom stereocenters. The molecule has 22 heavy (non-hydrogen) atoms. The average molecular weight is 305 g/mol. The lowest BCUT2D eigenvalue weighted by Crippen LogP contribution is -2.47. The minimum absolute atomic E-state index is 0.163. The van der Waals surface area contributed by atoms with Crippen molar-refractivity contribution < 1.29 is 19.5 Å². The van der Waals surface area contributed by atoms with Crippen molar-refractivity contribution in [3.8, 4) is 11.5 Å². The smallest absolute Gasteiger partial charge is 0.256 e. The Labute approximate surface area is 128 Å². The lowest BCUT2D eigenvalue weighted by molar-refractivity contribution is 0.0527. The highest BCUT2D eigenvalue weighted by Crippen LogP contribution is 2.40. The fraction of sp³-hybridized carbons (Fsp3) is 0.400. The molecule has 0 aliphatic carbocycles. The van der Waals surface area contributed by atoms with Crippen LogP contribution in [0.15, 0.2) is 24.3 Å². The number of nitrogens with zero attached hydrogens (tertiary/aromatic N) is 2. The van der Waals surface area contributed by atoms with Crippen molar-refractivity contribution in [3.05, 3.63) is 29.8 Å². The summed E-state index contributed by atoms with van der Waals surface area (Å²) in [5.41, 5.74) is 1.93. The first-order chi connectivity index (χ1) is 10.5. The number of anilines is 1. The molecule has 118 valence electrons. The van der Waals surface area contributed by atoms with E-state index in [9.17, 15) is 9.90 Å². The van der Waals surface area contributed by atoms with Gasteiger partial charge in [-0.15, -0.1) is 0 Å². The Morgan fingerprint density at radius 1 is 1.41 bits per heavy atom. The summed E-state index contributed by atoms with van der Waals surface area (Å²) in [6.45, 7) is 4.38. The van der Waals surface area contributed by atoms with Gasteiger partial charge in [-0.2, -0.15) is 5.90 Å². The van der Waals surface area contributed by atoms with Crippen molar-refractivity contribution in [2.75, 3.05) is 25.6 Å². The second-order valence-corrected chi connectivity index (χ2v) is 5.62. The molecule has 3 rings (SSSR count). The SMILES string of the molecule is C=C1C[C@H]2[C@H](O)N(C)c3cc(ON)c(OC)cc3C(=O)N2C1. The molecule has 1 aromatic rings. The Kier molecular flexibility index (Phi) is 3.46. The van der Waals surface area contributed by atoms with E-state index in [0.29, 0.717) is 35.7 Å². The Morgan fingerprint density at radius 3 is 2.77 bits per heavy atom.